The Hall–Kier alpha value is -3.21. The Morgan fingerprint density at radius 3 is 2.45 bits per heavy atom. The maximum atomic E-state index is 13.0. The fourth-order valence-electron chi connectivity index (χ4n) is 4.41. The Morgan fingerprint density at radius 2 is 1.79 bits per heavy atom. The van der Waals surface area contributed by atoms with E-state index in [0.717, 1.165) is 22.5 Å². The number of nitrogens with zero attached hydrogens (tertiary/aromatic N) is 1. The molecule has 1 aliphatic heterocycles. The van der Waals surface area contributed by atoms with E-state index in [1.54, 1.807) is 30.3 Å². The molecule has 1 unspecified atom stereocenters. The van der Waals surface area contributed by atoms with Gasteiger partial charge in [0.05, 0.1) is 16.0 Å². The van der Waals surface area contributed by atoms with Crippen molar-refractivity contribution in [3.63, 3.8) is 0 Å². The molecule has 1 aliphatic rings. The fraction of sp³-hybridized carbons (Fsp3) is 0.172. The van der Waals surface area contributed by atoms with Crippen molar-refractivity contribution in [1.82, 2.24) is 0 Å². The molecule has 192 valence electrons. The molecule has 1 aromatic heterocycles. The molecule has 0 amide bonds. The molecule has 0 aliphatic carbocycles. The zero-order valence-electron chi connectivity index (χ0n) is 20.6. The van der Waals surface area contributed by atoms with Crippen molar-refractivity contribution in [2.24, 2.45) is 5.73 Å². The molecule has 5 nitrogen and oxygen atoms in total. The third kappa shape index (κ3) is 4.72. The van der Waals surface area contributed by atoms with Gasteiger partial charge in [0.1, 0.15) is 28.0 Å². The summed E-state index contributed by atoms with van der Waals surface area (Å²) >= 11 is 20.0. The van der Waals surface area contributed by atoms with Crippen LogP contribution in [0.3, 0.4) is 0 Å². The van der Waals surface area contributed by atoms with Crippen LogP contribution in [0.25, 0.3) is 10.1 Å². The van der Waals surface area contributed by atoms with Crippen LogP contribution in [-0.2, 0) is 5.41 Å². The largest absolute Gasteiger partial charge is 0.440 e. The van der Waals surface area contributed by atoms with Gasteiger partial charge < -0.3 is 15.2 Å². The average molecular weight is 584 g/mol. The van der Waals surface area contributed by atoms with E-state index in [1.165, 1.54) is 5.56 Å². The Kier molecular flexibility index (Phi) is 6.83. The fourth-order valence-corrected chi connectivity index (χ4v) is 6.66. The number of ether oxygens (including phenoxy) is 2. The van der Waals surface area contributed by atoms with Crippen LogP contribution in [-0.4, -0.2) is 5.97 Å². The second kappa shape index (κ2) is 9.83. The molecule has 0 radical (unpaired) electrons. The summed E-state index contributed by atoms with van der Waals surface area (Å²) in [6.45, 7) is 6.43. The third-order valence-electron chi connectivity index (χ3n) is 6.35. The van der Waals surface area contributed by atoms with Gasteiger partial charge in [0.15, 0.2) is 0 Å². The summed E-state index contributed by atoms with van der Waals surface area (Å²) in [5.41, 5.74) is 9.28. The molecule has 0 fully saturated rings. The van der Waals surface area contributed by atoms with E-state index in [0.29, 0.717) is 31.5 Å². The number of nitrogens with two attached hydrogens (primary N) is 1. The van der Waals surface area contributed by atoms with Gasteiger partial charge in [-0.3, -0.25) is 0 Å². The minimum absolute atomic E-state index is 0.00689. The highest BCUT2D eigenvalue weighted by molar-refractivity contribution is 7.21. The maximum absolute atomic E-state index is 13.0. The lowest BCUT2D eigenvalue weighted by Crippen LogP contribution is -2.21. The predicted molar refractivity (Wildman–Crippen MR) is 153 cm³/mol. The molecule has 38 heavy (non-hydrogen) atoms. The van der Waals surface area contributed by atoms with Crippen molar-refractivity contribution in [3.8, 4) is 17.6 Å². The monoisotopic (exact) mass is 582 g/mol. The minimum atomic E-state index is -0.644. The van der Waals surface area contributed by atoms with E-state index in [4.69, 9.17) is 50.0 Å². The first-order chi connectivity index (χ1) is 18.0. The number of benzene rings is 3. The zero-order chi connectivity index (χ0) is 27.4. The lowest BCUT2D eigenvalue weighted by molar-refractivity contribution is 0.0740. The number of carbonyl (C=O) groups excluding carboxylic acids is 1. The molecule has 0 spiro atoms. The van der Waals surface area contributed by atoms with Crippen LogP contribution in [0.2, 0.25) is 15.1 Å². The van der Waals surface area contributed by atoms with Crippen LogP contribution in [0.4, 0.5) is 0 Å². The first-order valence-corrected chi connectivity index (χ1v) is 13.5. The van der Waals surface area contributed by atoms with Crippen LogP contribution in [0, 0.1) is 11.3 Å². The lowest BCUT2D eigenvalue weighted by atomic mass is 9.81. The summed E-state index contributed by atoms with van der Waals surface area (Å²) < 4.78 is 12.1. The van der Waals surface area contributed by atoms with Crippen molar-refractivity contribution in [3.05, 3.63) is 103 Å². The second-order valence-corrected chi connectivity index (χ2v) is 12.2. The Balaban J connectivity index is 1.48. The molecular weight excluding hydrogens is 563 g/mol. The number of allylic oxidation sites excluding steroid dienone is 1. The van der Waals surface area contributed by atoms with Crippen molar-refractivity contribution >= 4 is 62.2 Å². The number of hydrogen-bond donors (Lipinski definition) is 1. The zero-order valence-corrected chi connectivity index (χ0v) is 23.6. The summed E-state index contributed by atoms with van der Waals surface area (Å²) in [6, 6.07) is 18.6. The molecule has 2 heterocycles. The molecule has 0 saturated carbocycles. The minimum Gasteiger partial charge on any atom is -0.440 e. The molecule has 3 aromatic carbocycles. The summed E-state index contributed by atoms with van der Waals surface area (Å²) in [5.74, 6) is -0.427. The van der Waals surface area contributed by atoms with Gasteiger partial charge in [-0.15, -0.1) is 11.3 Å². The number of hydrogen-bond acceptors (Lipinski definition) is 6. The quantitative estimate of drug-likeness (QED) is 0.193. The van der Waals surface area contributed by atoms with Crippen molar-refractivity contribution in [2.45, 2.75) is 32.1 Å². The maximum Gasteiger partial charge on any atom is 0.355 e. The number of rotatable bonds is 3. The van der Waals surface area contributed by atoms with Gasteiger partial charge in [0.2, 0.25) is 5.88 Å². The van der Waals surface area contributed by atoms with E-state index >= 15 is 0 Å². The van der Waals surface area contributed by atoms with Crippen LogP contribution < -0.4 is 15.2 Å². The summed E-state index contributed by atoms with van der Waals surface area (Å²) in [5, 5.41) is 11.4. The second-order valence-electron chi connectivity index (χ2n) is 9.89. The van der Waals surface area contributed by atoms with Gasteiger partial charge in [-0.1, -0.05) is 85.9 Å². The van der Waals surface area contributed by atoms with Gasteiger partial charge in [0, 0.05) is 26.7 Å². The molecule has 1 atom stereocenters. The molecule has 2 N–H and O–H groups in total. The predicted octanol–water partition coefficient (Wildman–Crippen LogP) is 8.60. The highest BCUT2D eigenvalue weighted by Crippen LogP contribution is 2.45. The van der Waals surface area contributed by atoms with Crippen LogP contribution in [0.5, 0.6) is 11.5 Å². The molecule has 4 aromatic rings. The third-order valence-corrected chi connectivity index (χ3v) is 8.47. The number of esters is 1. The van der Waals surface area contributed by atoms with Gasteiger partial charge in [-0.05, 0) is 34.7 Å². The van der Waals surface area contributed by atoms with Crippen molar-refractivity contribution in [2.75, 3.05) is 0 Å². The Morgan fingerprint density at radius 1 is 1.08 bits per heavy atom. The Bertz CT molecular complexity index is 1680. The normalized spacial score (nSPS) is 15.1. The van der Waals surface area contributed by atoms with Crippen molar-refractivity contribution in [1.29, 1.82) is 5.26 Å². The molecule has 0 saturated heterocycles. The average Bonchev–Trinajstić information content (AvgIpc) is 3.19. The van der Waals surface area contributed by atoms with E-state index in [2.05, 4.69) is 39.0 Å². The molecule has 0 bridgehead atoms. The first-order valence-electron chi connectivity index (χ1n) is 11.6. The molecule has 5 rings (SSSR count). The SMILES string of the molecule is CC(C)(C)c1ccc(C2C(C#N)=C(N)Oc3cc(OC(=O)c4sc5cc(Cl)cc(Cl)c5c4Cl)ccc32)cc1. The van der Waals surface area contributed by atoms with Crippen LogP contribution in [0.1, 0.15) is 53.1 Å². The number of carbonyl (C=O) groups is 1. The molecular formula is C29H21Cl3N2O3S. The van der Waals surface area contributed by atoms with E-state index in [9.17, 15) is 10.1 Å². The Labute approximate surface area is 238 Å². The smallest absolute Gasteiger partial charge is 0.355 e. The van der Waals surface area contributed by atoms with Crippen LogP contribution >= 0.6 is 46.1 Å². The van der Waals surface area contributed by atoms with Gasteiger partial charge >= 0.3 is 5.97 Å². The van der Waals surface area contributed by atoms with E-state index in [-0.39, 0.29) is 26.9 Å². The first kappa shape index (κ1) is 26.4. The highest BCUT2D eigenvalue weighted by Gasteiger charge is 2.31. The van der Waals surface area contributed by atoms with E-state index in [1.807, 2.05) is 12.1 Å². The highest BCUT2D eigenvalue weighted by atomic mass is 35.5. The number of nitriles is 1. The van der Waals surface area contributed by atoms with Gasteiger partial charge in [-0.2, -0.15) is 5.26 Å². The number of fused-ring (bicyclic) bond motifs is 2. The topological polar surface area (TPSA) is 85.3 Å². The summed E-state index contributed by atoms with van der Waals surface area (Å²) in [7, 11) is 0. The lowest BCUT2D eigenvalue weighted by Gasteiger charge is -2.27. The van der Waals surface area contributed by atoms with Crippen LogP contribution in [0.15, 0.2) is 66.1 Å². The van der Waals surface area contributed by atoms with Gasteiger partial charge in [-0.25, -0.2) is 4.79 Å². The summed E-state index contributed by atoms with van der Waals surface area (Å²) in [4.78, 5) is 13.2. The standard InChI is InChI=1S/C29H21Cl3N2O3S/c1-29(2,3)15-6-4-14(5-7-15)23-18-9-8-17(12-21(18)37-27(34)19(23)13-33)36-28(35)26-25(32)24-20(31)10-16(30)11-22(24)38-26/h4-12,23H,34H2,1-3H3. The number of halogens is 3. The summed E-state index contributed by atoms with van der Waals surface area (Å²) in [6.07, 6.45) is 0. The van der Waals surface area contributed by atoms with E-state index < -0.39 is 11.9 Å². The van der Waals surface area contributed by atoms with Gasteiger partial charge in [0.25, 0.3) is 0 Å². The van der Waals surface area contributed by atoms with Crippen molar-refractivity contribution < 1.29 is 14.3 Å². The number of thiophene rings is 1. The molecule has 9 heteroatoms.